The van der Waals surface area contributed by atoms with Gasteiger partial charge in [0.05, 0.1) is 23.7 Å². The van der Waals surface area contributed by atoms with Gasteiger partial charge in [0.25, 0.3) is 5.56 Å². The number of carbonyl (C=O) groups excluding carboxylic acids is 1. The Labute approximate surface area is 210 Å². The van der Waals surface area contributed by atoms with E-state index in [1.165, 1.54) is 0 Å². The minimum absolute atomic E-state index is 0.0223. The number of amides is 1. The molecule has 0 spiro atoms. The predicted molar refractivity (Wildman–Crippen MR) is 137 cm³/mol. The third-order valence-corrected chi connectivity index (χ3v) is 7.21. The highest BCUT2D eigenvalue weighted by molar-refractivity contribution is 5.79. The molecule has 0 radical (unpaired) electrons. The molecule has 3 aromatic rings. The minimum Gasteiger partial charge on any atom is -0.494 e. The molecular formula is C28H33N3O5. The van der Waals surface area contributed by atoms with Crippen molar-refractivity contribution in [1.82, 2.24) is 14.5 Å². The number of ether oxygens (including phenoxy) is 3. The summed E-state index contributed by atoms with van der Waals surface area (Å²) in [4.78, 5) is 32.8. The number of piperidine rings is 1. The van der Waals surface area contributed by atoms with Crippen molar-refractivity contribution in [2.45, 2.75) is 45.6 Å². The van der Waals surface area contributed by atoms with Gasteiger partial charge in [0.15, 0.2) is 0 Å². The van der Waals surface area contributed by atoms with E-state index in [1.54, 1.807) is 11.7 Å². The normalized spacial score (nSPS) is 17.4. The first-order valence-electron chi connectivity index (χ1n) is 12.7. The highest BCUT2D eigenvalue weighted by atomic mass is 16.5. The molecule has 0 aliphatic carbocycles. The number of hydrogen-bond donors (Lipinski definition) is 0. The molecule has 0 saturated carbocycles. The zero-order valence-electron chi connectivity index (χ0n) is 21.2. The van der Waals surface area contributed by atoms with Gasteiger partial charge in [-0.05, 0) is 51.0 Å². The SMILES string of the molecule is COc1cc(OC2CCN(C(=O)C3CCOCC3)CC2)ccc1-n1c(C)nc2ccc(C)cc2c1=O. The van der Waals surface area contributed by atoms with Gasteiger partial charge in [-0.25, -0.2) is 4.98 Å². The summed E-state index contributed by atoms with van der Waals surface area (Å²) in [5, 5.41) is 0.574. The lowest BCUT2D eigenvalue weighted by Crippen LogP contribution is -2.45. The quantitative estimate of drug-likeness (QED) is 0.540. The molecule has 5 rings (SSSR count). The van der Waals surface area contributed by atoms with Gasteiger partial charge in [0, 0.05) is 51.1 Å². The third kappa shape index (κ3) is 4.82. The number of hydrogen-bond acceptors (Lipinski definition) is 6. The molecule has 0 unspecified atom stereocenters. The first kappa shape index (κ1) is 24.3. The van der Waals surface area contributed by atoms with Crippen LogP contribution in [-0.4, -0.2) is 59.9 Å². The van der Waals surface area contributed by atoms with Gasteiger partial charge < -0.3 is 19.1 Å². The number of likely N-dealkylation sites (tertiary alicyclic amines) is 1. The summed E-state index contributed by atoms with van der Waals surface area (Å²) >= 11 is 0. The lowest BCUT2D eigenvalue weighted by atomic mass is 9.97. The van der Waals surface area contributed by atoms with Crippen molar-refractivity contribution in [2.75, 3.05) is 33.4 Å². The van der Waals surface area contributed by atoms with Gasteiger partial charge >= 0.3 is 0 Å². The molecule has 8 nitrogen and oxygen atoms in total. The molecule has 1 aromatic heterocycles. The largest absolute Gasteiger partial charge is 0.494 e. The molecule has 2 saturated heterocycles. The molecule has 2 aliphatic heterocycles. The first-order valence-corrected chi connectivity index (χ1v) is 12.7. The summed E-state index contributed by atoms with van der Waals surface area (Å²) in [6, 6.07) is 11.2. The van der Waals surface area contributed by atoms with E-state index in [0.29, 0.717) is 60.2 Å². The number of carbonyl (C=O) groups is 1. The topological polar surface area (TPSA) is 82.9 Å². The third-order valence-electron chi connectivity index (χ3n) is 7.21. The Morgan fingerprint density at radius 1 is 1.03 bits per heavy atom. The van der Waals surface area contributed by atoms with Crippen molar-refractivity contribution >= 4 is 16.8 Å². The van der Waals surface area contributed by atoms with Crippen LogP contribution >= 0.6 is 0 Å². The molecule has 2 fully saturated rings. The molecule has 36 heavy (non-hydrogen) atoms. The Bertz CT molecular complexity index is 1320. The Hall–Kier alpha value is -3.39. The van der Waals surface area contributed by atoms with Crippen LogP contribution in [0.15, 0.2) is 41.2 Å². The van der Waals surface area contributed by atoms with E-state index in [1.807, 2.05) is 55.1 Å². The van der Waals surface area contributed by atoms with Crippen LogP contribution in [0.1, 0.15) is 37.1 Å². The van der Waals surface area contributed by atoms with Crippen LogP contribution in [0.25, 0.3) is 16.6 Å². The van der Waals surface area contributed by atoms with Gasteiger partial charge in [-0.2, -0.15) is 0 Å². The maximum Gasteiger partial charge on any atom is 0.266 e. The molecule has 190 valence electrons. The highest BCUT2D eigenvalue weighted by Crippen LogP contribution is 2.30. The van der Waals surface area contributed by atoms with Crippen molar-refractivity contribution in [1.29, 1.82) is 0 Å². The number of rotatable bonds is 5. The molecule has 0 bridgehead atoms. The second kappa shape index (κ2) is 10.3. The van der Waals surface area contributed by atoms with Gasteiger partial charge in [0.1, 0.15) is 23.4 Å². The van der Waals surface area contributed by atoms with Gasteiger partial charge in [-0.15, -0.1) is 0 Å². The average Bonchev–Trinajstić information content (AvgIpc) is 2.90. The highest BCUT2D eigenvalue weighted by Gasteiger charge is 2.30. The van der Waals surface area contributed by atoms with E-state index in [4.69, 9.17) is 14.2 Å². The molecule has 0 N–H and O–H groups in total. The van der Waals surface area contributed by atoms with Crippen molar-refractivity contribution in [3.05, 3.63) is 58.1 Å². The number of aromatic nitrogens is 2. The molecule has 2 aliphatic rings. The van der Waals surface area contributed by atoms with Crippen molar-refractivity contribution < 1.29 is 19.0 Å². The fraction of sp³-hybridized carbons (Fsp3) is 0.464. The van der Waals surface area contributed by atoms with E-state index in [0.717, 1.165) is 31.2 Å². The minimum atomic E-state index is -0.130. The number of nitrogens with zero attached hydrogens (tertiary/aromatic N) is 3. The molecular weight excluding hydrogens is 458 g/mol. The monoisotopic (exact) mass is 491 g/mol. The van der Waals surface area contributed by atoms with E-state index in [9.17, 15) is 9.59 Å². The fourth-order valence-corrected chi connectivity index (χ4v) is 5.20. The molecule has 0 atom stereocenters. The fourth-order valence-electron chi connectivity index (χ4n) is 5.20. The summed E-state index contributed by atoms with van der Waals surface area (Å²) in [6.45, 7) is 6.53. The summed E-state index contributed by atoms with van der Waals surface area (Å²) in [7, 11) is 1.59. The Morgan fingerprint density at radius 3 is 2.50 bits per heavy atom. The summed E-state index contributed by atoms with van der Waals surface area (Å²) in [5.41, 5.74) is 2.18. The number of fused-ring (bicyclic) bond motifs is 1. The summed E-state index contributed by atoms with van der Waals surface area (Å²) in [5.74, 6) is 2.15. The maximum atomic E-state index is 13.4. The van der Waals surface area contributed by atoms with Gasteiger partial charge in [-0.1, -0.05) is 11.6 Å². The van der Waals surface area contributed by atoms with Crippen LogP contribution in [0.3, 0.4) is 0 Å². The van der Waals surface area contributed by atoms with Crippen LogP contribution in [0.4, 0.5) is 0 Å². The Balaban J connectivity index is 1.31. The van der Waals surface area contributed by atoms with Crippen molar-refractivity contribution in [3.63, 3.8) is 0 Å². The zero-order valence-corrected chi connectivity index (χ0v) is 21.2. The van der Waals surface area contributed by atoms with Crippen LogP contribution < -0.4 is 15.0 Å². The average molecular weight is 492 g/mol. The second-order valence-corrected chi connectivity index (χ2v) is 9.68. The van der Waals surface area contributed by atoms with E-state index < -0.39 is 0 Å². The molecule has 3 heterocycles. The summed E-state index contributed by atoms with van der Waals surface area (Å²) in [6.07, 6.45) is 3.22. The number of benzene rings is 2. The van der Waals surface area contributed by atoms with E-state index in [2.05, 4.69) is 4.98 Å². The van der Waals surface area contributed by atoms with Crippen molar-refractivity contribution in [2.24, 2.45) is 5.92 Å². The standard InChI is InChI=1S/C28H33N3O5/c1-18-4-6-24-23(16-18)28(33)31(19(2)29-24)25-7-5-22(17-26(25)34-3)36-21-8-12-30(13-9-21)27(32)20-10-14-35-15-11-20/h4-7,16-17,20-21H,8-15H2,1-3H3. The summed E-state index contributed by atoms with van der Waals surface area (Å²) < 4.78 is 18.9. The zero-order chi connectivity index (χ0) is 25.2. The van der Waals surface area contributed by atoms with E-state index >= 15 is 0 Å². The first-order chi connectivity index (χ1) is 17.4. The van der Waals surface area contributed by atoms with Crippen LogP contribution in [0.2, 0.25) is 0 Å². The van der Waals surface area contributed by atoms with E-state index in [-0.39, 0.29) is 23.5 Å². The second-order valence-electron chi connectivity index (χ2n) is 9.68. The number of methoxy groups -OCH3 is 1. The maximum absolute atomic E-state index is 13.4. The Kier molecular flexibility index (Phi) is 6.96. The van der Waals surface area contributed by atoms with Crippen LogP contribution in [0, 0.1) is 19.8 Å². The van der Waals surface area contributed by atoms with Crippen LogP contribution in [-0.2, 0) is 9.53 Å². The Morgan fingerprint density at radius 2 is 1.78 bits per heavy atom. The van der Waals surface area contributed by atoms with Gasteiger partial charge in [-0.3, -0.25) is 14.2 Å². The van der Waals surface area contributed by atoms with Gasteiger partial charge in [0.2, 0.25) is 5.91 Å². The lowest BCUT2D eigenvalue weighted by Gasteiger charge is -2.35. The smallest absolute Gasteiger partial charge is 0.266 e. The molecule has 2 aromatic carbocycles. The molecule has 8 heteroatoms. The molecule has 1 amide bonds. The van der Waals surface area contributed by atoms with Crippen molar-refractivity contribution in [3.8, 4) is 17.2 Å². The van der Waals surface area contributed by atoms with Crippen LogP contribution in [0.5, 0.6) is 11.5 Å². The number of aryl methyl sites for hydroxylation is 2. The lowest BCUT2D eigenvalue weighted by molar-refractivity contribution is -0.140. The predicted octanol–water partition coefficient (Wildman–Crippen LogP) is 3.81.